The average molecular weight is 357 g/mol. The highest BCUT2D eigenvalue weighted by Gasteiger charge is 2.49. The van der Waals surface area contributed by atoms with E-state index in [9.17, 15) is 23.5 Å². The van der Waals surface area contributed by atoms with E-state index in [4.69, 9.17) is 0 Å². The van der Waals surface area contributed by atoms with Crippen molar-refractivity contribution < 1.29 is 23.5 Å². The summed E-state index contributed by atoms with van der Waals surface area (Å²) in [6, 6.07) is 9.73. The van der Waals surface area contributed by atoms with Crippen molar-refractivity contribution in [3.63, 3.8) is 0 Å². The van der Waals surface area contributed by atoms with Crippen molar-refractivity contribution in [1.82, 2.24) is 4.90 Å². The standard InChI is InChI=1S/C20H17F2NO3/c21-13-5-6-17(22)15(8-13)14-9-16(14)19(24)23-10-12-4-2-1-3-11(12)7-18(23)20(25)26/h1-6,8,14,16,18H,7,9-10H2,(H,25,26). The molecular formula is C20H17F2NO3. The van der Waals surface area contributed by atoms with Gasteiger partial charge in [-0.2, -0.15) is 0 Å². The van der Waals surface area contributed by atoms with Crippen LogP contribution in [0.25, 0.3) is 0 Å². The number of carboxylic acid groups (broad SMARTS) is 1. The highest BCUT2D eigenvalue weighted by Crippen LogP contribution is 2.50. The summed E-state index contributed by atoms with van der Waals surface area (Å²) in [5.41, 5.74) is 2.03. The van der Waals surface area contributed by atoms with Gasteiger partial charge in [-0.1, -0.05) is 24.3 Å². The number of rotatable bonds is 3. The molecule has 3 unspecified atom stereocenters. The molecule has 0 spiro atoms. The van der Waals surface area contributed by atoms with E-state index < -0.39 is 35.5 Å². The molecule has 1 fully saturated rings. The Morgan fingerprint density at radius 3 is 2.54 bits per heavy atom. The Balaban J connectivity index is 1.58. The zero-order valence-electron chi connectivity index (χ0n) is 13.9. The molecule has 134 valence electrons. The molecule has 6 heteroatoms. The lowest BCUT2D eigenvalue weighted by atomic mass is 9.93. The summed E-state index contributed by atoms with van der Waals surface area (Å²) in [5, 5.41) is 9.55. The predicted octanol–water partition coefficient (Wildman–Crippen LogP) is 3.11. The SMILES string of the molecule is O=C(O)C1Cc2ccccc2CN1C(=O)C1CC1c1cc(F)ccc1F. The van der Waals surface area contributed by atoms with Crippen molar-refractivity contribution in [1.29, 1.82) is 0 Å². The number of aliphatic carboxylic acids is 1. The van der Waals surface area contributed by atoms with Crippen LogP contribution < -0.4 is 0 Å². The Hall–Kier alpha value is -2.76. The van der Waals surface area contributed by atoms with Crippen LogP contribution in [0.2, 0.25) is 0 Å². The van der Waals surface area contributed by atoms with E-state index in [0.717, 1.165) is 29.3 Å². The van der Waals surface area contributed by atoms with E-state index in [0.29, 0.717) is 6.42 Å². The van der Waals surface area contributed by atoms with E-state index >= 15 is 0 Å². The minimum atomic E-state index is -1.05. The van der Waals surface area contributed by atoms with Crippen molar-refractivity contribution in [2.75, 3.05) is 0 Å². The van der Waals surface area contributed by atoms with Gasteiger partial charge in [-0.15, -0.1) is 0 Å². The minimum Gasteiger partial charge on any atom is -0.480 e. The first-order valence-electron chi connectivity index (χ1n) is 8.50. The maximum Gasteiger partial charge on any atom is 0.326 e. The van der Waals surface area contributed by atoms with Crippen LogP contribution in [0.4, 0.5) is 8.78 Å². The second kappa shape index (κ2) is 6.20. The van der Waals surface area contributed by atoms with Gasteiger partial charge in [0.15, 0.2) is 0 Å². The number of fused-ring (bicyclic) bond motifs is 1. The predicted molar refractivity (Wildman–Crippen MR) is 89.3 cm³/mol. The monoisotopic (exact) mass is 357 g/mol. The van der Waals surface area contributed by atoms with Gasteiger partial charge in [0.1, 0.15) is 17.7 Å². The molecule has 2 aromatic carbocycles. The van der Waals surface area contributed by atoms with Gasteiger partial charge in [0.25, 0.3) is 0 Å². The second-order valence-corrected chi connectivity index (χ2v) is 6.91. The summed E-state index contributed by atoms with van der Waals surface area (Å²) < 4.78 is 27.4. The van der Waals surface area contributed by atoms with E-state index in [1.807, 2.05) is 24.3 Å². The first-order valence-corrected chi connectivity index (χ1v) is 8.50. The summed E-state index contributed by atoms with van der Waals surface area (Å²) in [6.07, 6.45) is 0.659. The molecule has 1 aliphatic carbocycles. The number of nitrogens with zero attached hydrogens (tertiary/aromatic N) is 1. The molecule has 4 rings (SSSR count). The van der Waals surface area contributed by atoms with Crippen molar-refractivity contribution in [2.45, 2.75) is 31.3 Å². The van der Waals surface area contributed by atoms with Crippen LogP contribution in [0.3, 0.4) is 0 Å². The van der Waals surface area contributed by atoms with Gasteiger partial charge in [0, 0.05) is 18.9 Å². The van der Waals surface area contributed by atoms with Crippen molar-refractivity contribution in [3.8, 4) is 0 Å². The molecule has 1 saturated carbocycles. The lowest BCUT2D eigenvalue weighted by Gasteiger charge is -2.34. The summed E-state index contributed by atoms with van der Waals surface area (Å²) >= 11 is 0. The Morgan fingerprint density at radius 2 is 1.81 bits per heavy atom. The van der Waals surface area contributed by atoms with Crippen molar-refractivity contribution >= 4 is 11.9 Å². The first kappa shape index (κ1) is 16.7. The third kappa shape index (κ3) is 2.85. The molecule has 26 heavy (non-hydrogen) atoms. The fourth-order valence-electron chi connectivity index (χ4n) is 3.80. The van der Waals surface area contributed by atoms with Gasteiger partial charge in [-0.05, 0) is 47.2 Å². The number of amides is 1. The molecule has 2 aliphatic rings. The van der Waals surface area contributed by atoms with Gasteiger partial charge in [-0.3, -0.25) is 4.79 Å². The molecule has 0 bridgehead atoms. The molecular weight excluding hydrogens is 340 g/mol. The number of benzene rings is 2. The molecule has 3 atom stereocenters. The number of hydrogen-bond donors (Lipinski definition) is 1. The zero-order valence-corrected chi connectivity index (χ0v) is 13.9. The maximum atomic E-state index is 14.0. The molecule has 2 aromatic rings. The Kier molecular flexibility index (Phi) is 3.98. The Morgan fingerprint density at radius 1 is 1.08 bits per heavy atom. The van der Waals surface area contributed by atoms with Crippen LogP contribution >= 0.6 is 0 Å². The van der Waals surface area contributed by atoms with Gasteiger partial charge in [0.05, 0.1) is 0 Å². The first-order chi connectivity index (χ1) is 12.5. The zero-order chi connectivity index (χ0) is 18.4. The van der Waals surface area contributed by atoms with Crippen LogP contribution in [0.5, 0.6) is 0 Å². The Labute approximate surface area is 149 Å². The summed E-state index contributed by atoms with van der Waals surface area (Å²) in [4.78, 5) is 25.9. The maximum absolute atomic E-state index is 14.0. The van der Waals surface area contributed by atoms with Crippen molar-refractivity contribution in [3.05, 3.63) is 70.8 Å². The van der Waals surface area contributed by atoms with Crippen LogP contribution in [-0.2, 0) is 22.6 Å². The van der Waals surface area contributed by atoms with Crippen LogP contribution in [0, 0.1) is 17.6 Å². The van der Waals surface area contributed by atoms with E-state index in [1.54, 1.807) is 0 Å². The fraction of sp³-hybridized carbons (Fsp3) is 0.300. The second-order valence-electron chi connectivity index (χ2n) is 6.91. The van der Waals surface area contributed by atoms with Crippen molar-refractivity contribution in [2.24, 2.45) is 5.92 Å². The van der Waals surface area contributed by atoms with Gasteiger partial charge in [0.2, 0.25) is 5.91 Å². The number of carboxylic acids is 1. The molecule has 1 N–H and O–H groups in total. The van der Waals surface area contributed by atoms with Crippen LogP contribution in [-0.4, -0.2) is 27.9 Å². The number of carbonyl (C=O) groups excluding carboxylic acids is 1. The molecule has 0 radical (unpaired) electrons. The normalized spacial score (nSPS) is 24.1. The average Bonchev–Trinajstić information content (AvgIpc) is 3.42. The van der Waals surface area contributed by atoms with Gasteiger partial charge in [-0.25, -0.2) is 13.6 Å². The quantitative estimate of drug-likeness (QED) is 0.918. The molecule has 1 heterocycles. The highest BCUT2D eigenvalue weighted by atomic mass is 19.1. The molecule has 0 saturated heterocycles. The van der Waals surface area contributed by atoms with Crippen LogP contribution in [0.1, 0.15) is 29.0 Å². The van der Waals surface area contributed by atoms with E-state index in [-0.39, 0.29) is 24.4 Å². The molecule has 1 aliphatic heterocycles. The smallest absolute Gasteiger partial charge is 0.326 e. The van der Waals surface area contributed by atoms with E-state index in [1.165, 1.54) is 4.90 Å². The number of hydrogen-bond acceptors (Lipinski definition) is 2. The van der Waals surface area contributed by atoms with Crippen LogP contribution in [0.15, 0.2) is 42.5 Å². The third-order valence-corrected chi connectivity index (χ3v) is 5.28. The summed E-state index contributed by atoms with van der Waals surface area (Å²) in [6.45, 7) is 0.223. The lowest BCUT2D eigenvalue weighted by molar-refractivity contribution is -0.152. The number of halogens is 2. The molecule has 4 nitrogen and oxygen atoms in total. The third-order valence-electron chi connectivity index (χ3n) is 5.28. The summed E-state index contributed by atoms with van der Waals surface area (Å²) in [5.74, 6) is -3.34. The Bertz CT molecular complexity index is 898. The largest absolute Gasteiger partial charge is 0.480 e. The van der Waals surface area contributed by atoms with E-state index in [2.05, 4.69) is 0 Å². The van der Waals surface area contributed by atoms with Gasteiger partial charge < -0.3 is 10.0 Å². The fourth-order valence-corrected chi connectivity index (χ4v) is 3.80. The molecule has 0 aromatic heterocycles. The van der Waals surface area contributed by atoms with Gasteiger partial charge >= 0.3 is 5.97 Å². The highest BCUT2D eigenvalue weighted by molar-refractivity contribution is 5.88. The number of carbonyl (C=O) groups is 2. The minimum absolute atomic E-state index is 0.188. The lowest BCUT2D eigenvalue weighted by Crippen LogP contribution is -2.49. The summed E-state index contributed by atoms with van der Waals surface area (Å²) in [7, 11) is 0. The topological polar surface area (TPSA) is 57.6 Å². The molecule has 1 amide bonds.